The van der Waals surface area contributed by atoms with Crippen LogP contribution in [0, 0.1) is 22.7 Å². The Balaban J connectivity index is 0.00000240. The summed E-state index contributed by atoms with van der Waals surface area (Å²) in [6.07, 6.45) is 7.36. The van der Waals surface area contributed by atoms with Gasteiger partial charge < -0.3 is 15.5 Å². The number of fused-ring (bicyclic) bond motifs is 1. The Bertz CT molecular complexity index is 898. The van der Waals surface area contributed by atoms with Crippen molar-refractivity contribution >= 4 is 18.3 Å². The number of nitrogens with two attached hydrogens (primary N) is 1. The number of hydrogen-bond acceptors (Lipinski definition) is 4. The van der Waals surface area contributed by atoms with E-state index in [9.17, 15) is 10.1 Å². The maximum Gasteiger partial charge on any atom is 0.233 e. The number of allylic oxidation sites excluding steroid dienone is 3. The number of nitrogens with zero attached hydrogens (tertiary/aromatic N) is 3. The van der Waals surface area contributed by atoms with Gasteiger partial charge in [0.2, 0.25) is 5.91 Å². The summed E-state index contributed by atoms with van der Waals surface area (Å²) in [5, 5.41) is 9.48. The van der Waals surface area contributed by atoms with Gasteiger partial charge in [0.25, 0.3) is 0 Å². The van der Waals surface area contributed by atoms with Gasteiger partial charge in [-0.2, -0.15) is 5.26 Å². The number of amides is 1. The fourth-order valence-electron chi connectivity index (χ4n) is 4.85. The standard InChI is InChI=1S/C23H28N4O.ClH/c1-23(2)19-10-5-11-20(26-12-6-9-18(25)15-26)21(19)27(22(23)28)14-17-8-4-3-7-16(17)13-24;/h3-5,7-8,11,18-19H,6,9-10,12,14-15,25H2,1-2H3;1H/t18?,19-;/m0./s1. The van der Waals surface area contributed by atoms with Gasteiger partial charge in [0.15, 0.2) is 0 Å². The number of carbonyl (C=O) groups is 1. The smallest absolute Gasteiger partial charge is 0.233 e. The van der Waals surface area contributed by atoms with Crippen molar-refractivity contribution in [3.05, 3.63) is 58.9 Å². The summed E-state index contributed by atoms with van der Waals surface area (Å²) in [7, 11) is 0. The third kappa shape index (κ3) is 3.68. The third-order valence-electron chi connectivity index (χ3n) is 6.46. The van der Waals surface area contributed by atoms with Crippen LogP contribution in [0.1, 0.15) is 44.2 Å². The van der Waals surface area contributed by atoms with Crippen LogP contribution >= 0.6 is 12.4 Å². The number of piperidine rings is 1. The van der Waals surface area contributed by atoms with Crippen LogP contribution in [0.3, 0.4) is 0 Å². The molecule has 1 amide bonds. The molecule has 3 aliphatic rings. The molecule has 2 atom stereocenters. The SMILES string of the molecule is CC1(C)C(=O)N(Cc2ccccc2C#N)C2=C(N3CCCC(N)C3)C=CC[C@@H]21.Cl. The number of hydrogen-bond donors (Lipinski definition) is 1. The van der Waals surface area contributed by atoms with E-state index in [1.807, 2.05) is 29.2 Å². The number of nitriles is 1. The number of rotatable bonds is 3. The maximum atomic E-state index is 13.4. The Labute approximate surface area is 179 Å². The Hall–Kier alpha value is -2.29. The zero-order valence-corrected chi connectivity index (χ0v) is 17.9. The monoisotopic (exact) mass is 412 g/mol. The van der Waals surface area contributed by atoms with Crippen molar-refractivity contribution in [1.29, 1.82) is 5.26 Å². The molecule has 4 rings (SSSR count). The first kappa shape index (κ1) is 21.4. The van der Waals surface area contributed by atoms with Crippen LogP contribution in [0.15, 0.2) is 47.8 Å². The van der Waals surface area contributed by atoms with Crippen molar-refractivity contribution in [1.82, 2.24) is 9.80 Å². The predicted octanol–water partition coefficient (Wildman–Crippen LogP) is 3.56. The molecule has 2 saturated heterocycles. The number of likely N-dealkylation sites (tertiary alicyclic amines) is 2. The first-order chi connectivity index (χ1) is 13.4. The molecule has 0 radical (unpaired) electrons. The molecule has 2 fully saturated rings. The Kier molecular flexibility index (Phi) is 6.07. The van der Waals surface area contributed by atoms with Crippen molar-refractivity contribution in [3.63, 3.8) is 0 Å². The first-order valence-corrected chi connectivity index (χ1v) is 10.1. The highest BCUT2D eigenvalue weighted by atomic mass is 35.5. The molecule has 1 aromatic rings. The number of carbonyl (C=O) groups excluding carboxylic acids is 1. The molecule has 0 spiro atoms. The normalized spacial score (nSPS) is 25.5. The molecule has 0 aromatic heterocycles. The first-order valence-electron chi connectivity index (χ1n) is 10.1. The lowest BCUT2D eigenvalue weighted by atomic mass is 9.76. The minimum Gasteiger partial charge on any atom is -0.369 e. The van der Waals surface area contributed by atoms with Crippen LogP contribution in [-0.2, 0) is 11.3 Å². The fourth-order valence-corrected chi connectivity index (χ4v) is 4.85. The molecule has 5 nitrogen and oxygen atoms in total. The second kappa shape index (κ2) is 8.22. The van der Waals surface area contributed by atoms with Gasteiger partial charge >= 0.3 is 0 Å². The molecule has 2 N–H and O–H groups in total. The van der Waals surface area contributed by atoms with Gasteiger partial charge in [0.05, 0.1) is 29.3 Å². The third-order valence-corrected chi connectivity index (χ3v) is 6.46. The van der Waals surface area contributed by atoms with E-state index >= 15 is 0 Å². The van der Waals surface area contributed by atoms with E-state index in [2.05, 4.69) is 37.0 Å². The van der Waals surface area contributed by atoms with E-state index in [1.165, 1.54) is 0 Å². The summed E-state index contributed by atoms with van der Waals surface area (Å²) in [6.45, 7) is 6.34. The zero-order valence-electron chi connectivity index (χ0n) is 17.1. The van der Waals surface area contributed by atoms with Gasteiger partial charge in [0, 0.05) is 30.7 Å². The second-order valence-corrected chi connectivity index (χ2v) is 8.69. The molecule has 1 unspecified atom stereocenters. The summed E-state index contributed by atoms with van der Waals surface area (Å²) in [5.41, 5.74) is 9.56. The zero-order chi connectivity index (χ0) is 19.9. The summed E-state index contributed by atoms with van der Waals surface area (Å²) in [4.78, 5) is 17.7. The molecule has 6 heteroatoms. The lowest BCUT2D eigenvalue weighted by Gasteiger charge is -2.38. The summed E-state index contributed by atoms with van der Waals surface area (Å²) in [5.74, 6) is 0.301. The molecular weight excluding hydrogens is 384 g/mol. The average Bonchev–Trinajstić information content (AvgIpc) is 2.89. The molecule has 1 aromatic carbocycles. The topological polar surface area (TPSA) is 73.4 Å². The molecule has 0 bridgehead atoms. The van der Waals surface area contributed by atoms with Gasteiger partial charge in [-0.15, -0.1) is 12.4 Å². The van der Waals surface area contributed by atoms with E-state index < -0.39 is 5.41 Å². The minimum absolute atomic E-state index is 0. The molecule has 2 aliphatic heterocycles. The molecule has 29 heavy (non-hydrogen) atoms. The van der Waals surface area contributed by atoms with Gasteiger partial charge in [-0.25, -0.2) is 0 Å². The van der Waals surface area contributed by atoms with Crippen LogP contribution < -0.4 is 5.73 Å². The Morgan fingerprint density at radius 2 is 2.07 bits per heavy atom. The van der Waals surface area contributed by atoms with E-state index in [4.69, 9.17) is 5.73 Å². The molecular formula is C23H29ClN4O. The Morgan fingerprint density at radius 3 is 2.79 bits per heavy atom. The lowest BCUT2D eigenvalue weighted by Crippen LogP contribution is -2.43. The van der Waals surface area contributed by atoms with Crippen LogP contribution in [-0.4, -0.2) is 34.8 Å². The molecule has 154 valence electrons. The summed E-state index contributed by atoms with van der Waals surface area (Å²) in [6, 6.07) is 10.00. The van der Waals surface area contributed by atoms with Gasteiger partial charge in [-0.1, -0.05) is 38.1 Å². The predicted molar refractivity (Wildman–Crippen MR) is 116 cm³/mol. The van der Waals surface area contributed by atoms with Crippen LogP contribution in [0.2, 0.25) is 0 Å². The quantitative estimate of drug-likeness (QED) is 0.823. The van der Waals surface area contributed by atoms with Crippen LogP contribution in [0.4, 0.5) is 0 Å². The van der Waals surface area contributed by atoms with E-state index in [1.54, 1.807) is 0 Å². The maximum absolute atomic E-state index is 13.4. The van der Waals surface area contributed by atoms with Crippen molar-refractivity contribution in [2.45, 2.75) is 45.7 Å². The Morgan fingerprint density at radius 1 is 1.31 bits per heavy atom. The number of halogens is 1. The number of benzene rings is 1. The highest BCUT2D eigenvalue weighted by molar-refractivity contribution is 5.88. The van der Waals surface area contributed by atoms with Gasteiger partial charge in [0.1, 0.15) is 0 Å². The largest absolute Gasteiger partial charge is 0.369 e. The lowest BCUT2D eigenvalue weighted by molar-refractivity contribution is -0.135. The molecule has 1 aliphatic carbocycles. The van der Waals surface area contributed by atoms with Gasteiger partial charge in [-0.05, 0) is 37.0 Å². The second-order valence-electron chi connectivity index (χ2n) is 8.69. The van der Waals surface area contributed by atoms with E-state index in [-0.39, 0.29) is 30.3 Å². The van der Waals surface area contributed by atoms with Crippen LogP contribution in [0.5, 0.6) is 0 Å². The summed E-state index contributed by atoms with van der Waals surface area (Å²) < 4.78 is 0. The fraction of sp³-hybridized carbons (Fsp3) is 0.478. The van der Waals surface area contributed by atoms with Crippen molar-refractivity contribution in [2.75, 3.05) is 13.1 Å². The van der Waals surface area contributed by atoms with Crippen LogP contribution in [0.25, 0.3) is 0 Å². The summed E-state index contributed by atoms with van der Waals surface area (Å²) >= 11 is 0. The molecule has 0 saturated carbocycles. The van der Waals surface area contributed by atoms with Crippen molar-refractivity contribution < 1.29 is 4.79 Å². The molecule has 2 heterocycles. The van der Waals surface area contributed by atoms with E-state index in [0.717, 1.165) is 49.3 Å². The van der Waals surface area contributed by atoms with Crippen molar-refractivity contribution in [3.8, 4) is 6.07 Å². The van der Waals surface area contributed by atoms with Crippen molar-refractivity contribution in [2.24, 2.45) is 17.1 Å². The highest BCUT2D eigenvalue weighted by Gasteiger charge is 2.52. The minimum atomic E-state index is -0.454. The highest BCUT2D eigenvalue weighted by Crippen LogP contribution is 2.50. The van der Waals surface area contributed by atoms with E-state index in [0.29, 0.717) is 12.1 Å². The van der Waals surface area contributed by atoms with Gasteiger partial charge in [-0.3, -0.25) is 4.79 Å². The average molecular weight is 413 g/mol.